The van der Waals surface area contributed by atoms with E-state index in [1.54, 1.807) is 18.2 Å². The van der Waals surface area contributed by atoms with Crippen LogP contribution in [0.3, 0.4) is 0 Å². The van der Waals surface area contributed by atoms with Crippen molar-refractivity contribution in [1.29, 1.82) is 0 Å². The molecule has 0 saturated heterocycles. The van der Waals surface area contributed by atoms with E-state index in [2.05, 4.69) is 14.9 Å². The van der Waals surface area contributed by atoms with Gasteiger partial charge in [-0.25, -0.2) is 8.42 Å². The van der Waals surface area contributed by atoms with Gasteiger partial charge in [0.2, 0.25) is 0 Å². The number of nitrogens with zero attached hydrogens (tertiary/aromatic N) is 2. The molecule has 0 spiro atoms. The standard InChI is InChI=1S/C12H12N4O3S/c13-12(15-17)9-3-1-4-10(7-9)16-20(18,19)11-5-2-6-14-8-11/h1-8,16-17H,(H2,13,15). The molecule has 2 rings (SSSR count). The summed E-state index contributed by atoms with van der Waals surface area (Å²) < 4.78 is 26.6. The molecule has 0 atom stereocenters. The quantitative estimate of drug-likeness (QED) is 0.336. The first-order chi connectivity index (χ1) is 9.53. The summed E-state index contributed by atoms with van der Waals surface area (Å²) in [4.78, 5) is 3.81. The van der Waals surface area contributed by atoms with Crippen molar-refractivity contribution in [2.75, 3.05) is 4.72 Å². The number of rotatable bonds is 4. The molecule has 0 fully saturated rings. The molecule has 1 aromatic heterocycles. The number of hydrogen-bond acceptors (Lipinski definition) is 5. The summed E-state index contributed by atoms with van der Waals surface area (Å²) in [6.45, 7) is 0. The summed E-state index contributed by atoms with van der Waals surface area (Å²) in [6, 6.07) is 9.17. The average Bonchev–Trinajstić information content (AvgIpc) is 2.47. The van der Waals surface area contributed by atoms with Gasteiger partial charge in [-0.2, -0.15) is 0 Å². The van der Waals surface area contributed by atoms with Crippen molar-refractivity contribution >= 4 is 21.5 Å². The first kappa shape index (κ1) is 13.8. The third-order valence-electron chi connectivity index (χ3n) is 2.46. The number of benzene rings is 1. The SMILES string of the molecule is N/C(=N/O)c1cccc(NS(=O)(=O)c2cccnc2)c1. The lowest BCUT2D eigenvalue weighted by atomic mass is 10.2. The molecule has 0 radical (unpaired) electrons. The van der Waals surface area contributed by atoms with Gasteiger partial charge < -0.3 is 10.9 Å². The summed E-state index contributed by atoms with van der Waals surface area (Å²) in [6.07, 6.45) is 2.73. The summed E-state index contributed by atoms with van der Waals surface area (Å²) in [5.74, 6) is -0.104. The van der Waals surface area contributed by atoms with E-state index >= 15 is 0 Å². The summed E-state index contributed by atoms with van der Waals surface area (Å²) in [5.41, 5.74) is 6.16. The molecule has 0 aliphatic carbocycles. The monoisotopic (exact) mass is 292 g/mol. The third kappa shape index (κ3) is 3.04. The van der Waals surface area contributed by atoms with Crippen LogP contribution in [0.4, 0.5) is 5.69 Å². The highest BCUT2D eigenvalue weighted by Gasteiger charge is 2.14. The summed E-state index contributed by atoms with van der Waals surface area (Å²) >= 11 is 0. The lowest BCUT2D eigenvalue weighted by Crippen LogP contribution is -2.15. The van der Waals surface area contributed by atoms with Crippen molar-refractivity contribution in [1.82, 2.24) is 4.98 Å². The number of amidine groups is 1. The Morgan fingerprint density at radius 3 is 2.75 bits per heavy atom. The van der Waals surface area contributed by atoms with Crippen LogP contribution in [0.5, 0.6) is 0 Å². The largest absolute Gasteiger partial charge is 0.409 e. The van der Waals surface area contributed by atoms with Crippen molar-refractivity contribution in [3.63, 3.8) is 0 Å². The van der Waals surface area contributed by atoms with E-state index in [-0.39, 0.29) is 10.7 Å². The molecule has 7 nitrogen and oxygen atoms in total. The molecule has 0 aliphatic rings. The van der Waals surface area contributed by atoms with E-state index in [4.69, 9.17) is 10.9 Å². The molecule has 0 bridgehead atoms. The van der Waals surface area contributed by atoms with Gasteiger partial charge in [0.25, 0.3) is 10.0 Å². The van der Waals surface area contributed by atoms with Crippen LogP contribution < -0.4 is 10.5 Å². The molecule has 0 amide bonds. The van der Waals surface area contributed by atoms with Crippen LogP contribution in [0.25, 0.3) is 0 Å². The Bertz CT molecular complexity index is 729. The van der Waals surface area contributed by atoms with E-state index in [9.17, 15) is 8.42 Å². The highest BCUT2D eigenvalue weighted by molar-refractivity contribution is 7.92. The maximum absolute atomic E-state index is 12.1. The minimum atomic E-state index is -3.72. The number of pyridine rings is 1. The minimum absolute atomic E-state index is 0.0502. The van der Waals surface area contributed by atoms with Crippen molar-refractivity contribution in [2.24, 2.45) is 10.9 Å². The molecule has 1 heterocycles. The zero-order valence-corrected chi connectivity index (χ0v) is 11.1. The Hall–Kier alpha value is -2.61. The van der Waals surface area contributed by atoms with E-state index in [0.29, 0.717) is 11.3 Å². The third-order valence-corrected chi connectivity index (χ3v) is 3.83. The Morgan fingerprint density at radius 1 is 1.30 bits per heavy atom. The van der Waals surface area contributed by atoms with Gasteiger partial charge in [-0.1, -0.05) is 17.3 Å². The Morgan fingerprint density at radius 2 is 2.10 bits per heavy atom. The lowest BCUT2D eigenvalue weighted by Gasteiger charge is -2.08. The molecule has 0 unspecified atom stereocenters. The van der Waals surface area contributed by atoms with Crippen molar-refractivity contribution in [2.45, 2.75) is 4.90 Å². The predicted octanol–water partition coefficient (Wildman–Crippen LogP) is 0.977. The summed E-state index contributed by atoms with van der Waals surface area (Å²) in [7, 11) is -3.72. The maximum Gasteiger partial charge on any atom is 0.263 e. The van der Waals surface area contributed by atoms with Crippen molar-refractivity contribution in [3.05, 3.63) is 54.4 Å². The molecule has 4 N–H and O–H groups in total. The predicted molar refractivity (Wildman–Crippen MR) is 74.0 cm³/mol. The number of nitrogens with one attached hydrogen (secondary N) is 1. The van der Waals surface area contributed by atoms with Crippen LogP contribution in [-0.2, 0) is 10.0 Å². The van der Waals surface area contributed by atoms with Gasteiger partial charge in [0, 0.05) is 23.6 Å². The first-order valence-electron chi connectivity index (χ1n) is 5.54. The molecule has 1 aromatic carbocycles. The van der Waals surface area contributed by atoms with Gasteiger partial charge in [-0.15, -0.1) is 0 Å². The Kier molecular flexibility index (Phi) is 3.85. The maximum atomic E-state index is 12.1. The van der Waals surface area contributed by atoms with Crippen LogP contribution in [-0.4, -0.2) is 24.4 Å². The molecule has 20 heavy (non-hydrogen) atoms. The van der Waals surface area contributed by atoms with Gasteiger partial charge >= 0.3 is 0 Å². The molecular weight excluding hydrogens is 280 g/mol. The van der Waals surface area contributed by atoms with E-state index in [1.807, 2.05) is 0 Å². The van der Waals surface area contributed by atoms with E-state index in [1.165, 1.54) is 30.6 Å². The Labute approximate surface area is 115 Å². The first-order valence-corrected chi connectivity index (χ1v) is 7.02. The molecule has 0 saturated carbocycles. The molecule has 0 aliphatic heterocycles. The molecule has 8 heteroatoms. The zero-order valence-electron chi connectivity index (χ0n) is 10.3. The molecule has 104 valence electrons. The number of sulfonamides is 1. The van der Waals surface area contributed by atoms with E-state index < -0.39 is 10.0 Å². The van der Waals surface area contributed by atoms with Crippen LogP contribution in [0.1, 0.15) is 5.56 Å². The van der Waals surface area contributed by atoms with Gasteiger partial charge in [0.15, 0.2) is 5.84 Å². The second kappa shape index (κ2) is 5.57. The van der Waals surface area contributed by atoms with Crippen LogP contribution in [0.15, 0.2) is 58.8 Å². The number of nitrogens with two attached hydrogens (primary N) is 1. The fourth-order valence-electron chi connectivity index (χ4n) is 1.52. The smallest absolute Gasteiger partial charge is 0.263 e. The highest BCUT2D eigenvalue weighted by atomic mass is 32.2. The van der Waals surface area contributed by atoms with Crippen LogP contribution in [0.2, 0.25) is 0 Å². The van der Waals surface area contributed by atoms with Crippen molar-refractivity contribution < 1.29 is 13.6 Å². The second-order valence-corrected chi connectivity index (χ2v) is 5.54. The van der Waals surface area contributed by atoms with Gasteiger partial charge in [-0.3, -0.25) is 9.71 Å². The fraction of sp³-hybridized carbons (Fsp3) is 0. The van der Waals surface area contributed by atoms with Gasteiger partial charge in [0.05, 0.1) is 0 Å². The number of oxime groups is 1. The topological polar surface area (TPSA) is 118 Å². The highest BCUT2D eigenvalue weighted by Crippen LogP contribution is 2.16. The number of aromatic nitrogens is 1. The number of anilines is 1. The van der Waals surface area contributed by atoms with Crippen LogP contribution in [0, 0.1) is 0 Å². The summed E-state index contributed by atoms with van der Waals surface area (Å²) in [5, 5.41) is 11.5. The normalized spacial score (nSPS) is 12.1. The van der Waals surface area contributed by atoms with Crippen molar-refractivity contribution in [3.8, 4) is 0 Å². The van der Waals surface area contributed by atoms with E-state index in [0.717, 1.165) is 0 Å². The molecular formula is C12H12N4O3S. The fourth-order valence-corrected chi connectivity index (χ4v) is 2.53. The Balaban J connectivity index is 2.31. The van der Waals surface area contributed by atoms with Gasteiger partial charge in [-0.05, 0) is 24.3 Å². The minimum Gasteiger partial charge on any atom is -0.409 e. The van der Waals surface area contributed by atoms with Crippen LogP contribution >= 0.6 is 0 Å². The average molecular weight is 292 g/mol. The lowest BCUT2D eigenvalue weighted by molar-refractivity contribution is 0.318. The zero-order chi connectivity index (χ0) is 14.6. The van der Waals surface area contributed by atoms with Gasteiger partial charge in [0.1, 0.15) is 4.90 Å². The molecule has 2 aromatic rings. The second-order valence-electron chi connectivity index (χ2n) is 3.86. The number of hydrogen-bond donors (Lipinski definition) is 3.